The number of nitrogens with one attached hydrogen (secondary N) is 14. The topological polar surface area (TPSA) is 473 Å². The summed E-state index contributed by atoms with van der Waals surface area (Å²) in [6, 6.07) is 53.1. The number of benzene rings is 8. The number of nitrogens with zero attached hydrogens (tertiary/aromatic N) is 13. The smallest absolute Gasteiger partial charge is 0.274 e. The van der Waals surface area contributed by atoms with E-state index < -0.39 is 0 Å². The molecule has 0 spiro atoms. The van der Waals surface area contributed by atoms with Crippen molar-refractivity contribution in [3.63, 3.8) is 0 Å². The maximum atomic E-state index is 13.5. The van der Waals surface area contributed by atoms with Crippen LogP contribution >= 0.6 is 0 Å². The Kier molecular flexibility index (Phi) is 26.1. The molecule has 38 heteroatoms. The van der Waals surface area contributed by atoms with Gasteiger partial charge in [0.25, 0.3) is 23.6 Å². The number of methoxy groups -OCH3 is 6. The van der Waals surface area contributed by atoms with Crippen LogP contribution in [0.1, 0.15) is 111 Å². The van der Waals surface area contributed by atoms with Crippen LogP contribution in [0, 0.1) is 6.92 Å². The molecular formula is C97H101N27O11. The highest BCUT2D eigenvalue weighted by molar-refractivity contribution is 6.10. The van der Waals surface area contributed by atoms with Crippen molar-refractivity contribution in [2.24, 2.45) is 0 Å². The lowest BCUT2D eigenvalue weighted by molar-refractivity contribution is 0.0342. The molecule has 0 unspecified atom stereocenters. The van der Waals surface area contributed by atoms with Gasteiger partial charge in [0.1, 0.15) is 34.2 Å². The van der Waals surface area contributed by atoms with Crippen molar-refractivity contribution in [3.05, 3.63) is 245 Å². The van der Waals surface area contributed by atoms with Gasteiger partial charge in [-0.3, -0.25) is 49.2 Å². The Labute approximate surface area is 773 Å². The van der Waals surface area contributed by atoms with Gasteiger partial charge < -0.3 is 85.0 Å². The molecule has 12 heterocycles. The highest BCUT2D eigenvalue weighted by Crippen LogP contribution is 2.39. The zero-order chi connectivity index (χ0) is 94.2. The lowest BCUT2D eigenvalue weighted by Gasteiger charge is -2.26. The molecule has 1 fully saturated rings. The number of para-hydroxylation sites is 3. The van der Waals surface area contributed by atoms with Crippen LogP contribution in [-0.4, -0.2) is 204 Å². The SMILES string of the molecule is COc1cc2nc(-c3[nH]ncc3NC(=O)c3cc(C(C)(C)C)nn3-c3ccccc3)[nH]c2cc1OC.COc1cc2nc(-c3[nH]ncc3NC(=O)c3ccc4c(c3)CNCC4)[nH]c2cc1OC.COc1cc2nc(-c3[nH]ncc3NC(=O)c3ccccc3Nc3ccccc3)[nH]c2cc1OC.Cc1cc(C(=O)Nc2cn[nH]c2-c2nc3ccc(CN4CCOCC4)cc3[nH]2)n(C(C)(C)C)n1. The number of aryl methyl sites for hydroxylation is 1. The number of morpholine rings is 1. The first kappa shape index (κ1) is 90.2. The fraction of sp³-hybridized carbons (Fsp3) is 0.237. The Balaban J connectivity index is 0.000000125. The number of carbonyl (C=O) groups excluding carboxylic acids is 4. The number of aromatic amines is 8. The number of fused-ring (bicyclic) bond motifs is 5. The molecule has 20 rings (SSSR count). The summed E-state index contributed by atoms with van der Waals surface area (Å²) in [7, 11) is 9.47. The van der Waals surface area contributed by atoms with Gasteiger partial charge in [-0.05, 0) is 130 Å². The Hall–Kier alpha value is -16.7. The van der Waals surface area contributed by atoms with Crippen molar-refractivity contribution >= 4 is 102 Å². The number of amides is 4. The fourth-order valence-electron chi connectivity index (χ4n) is 15.6. The molecule has 1 saturated heterocycles. The quantitative estimate of drug-likeness (QED) is 0.0283. The third kappa shape index (κ3) is 20.0. The van der Waals surface area contributed by atoms with E-state index in [9.17, 15) is 19.2 Å². The summed E-state index contributed by atoms with van der Waals surface area (Å²) >= 11 is 0. The minimum Gasteiger partial charge on any atom is -0.493 e. The van der Waals surface area contributed by atoms with Gasteiger partial charge in [-0.25, -0.2) is 24.6 Å². The monoisotopic (exact) mass is 1820 g/mol. The summed E-state index contributed by atoms with van der Waals surface area (Å²) in [6.07, 6.45) is 7.24. The lowest BCUT2D eigenvalue weighted by atomic mass is 9.92. The van der Waals surface area contributed by atoms with E-state index in [1.807, 2.05) is 155 Å². The molecule has 0 radical (unpaired) electrons. The van der Waals surface area contributed by atoms with Gasteiger partial charge in [-0.1, -0.05) is 81.4 Å². The second-order valence-electron chi connectivity index (χ2n) is 33.8. The van der Waals surface area contributed by atoms with E-state index in [2.05, 4.69) is 150 Å². The first-order valence-corrected chi connectivity index (χ1v) is 43.4. The molecule has 0 atom stereocenters. The van der Waals surface area contributed by atoms with Crippen molar-refractivity contribution in [2.45, 2.75) is 78.9 Å². The van der Waals surface area contributed by atoms with E-state index >= 15 is 0 Å². The molecule has 38 nitrogen and oxygen atoms in total. The average Bonchev–Trinajstić information content (AvgIpc) is 1.64. The second-order valence-corrected chi connectivity index (χ2v) is 33.8. The summed E-state index contributed by atoms with van der Waals surface area (Å²) in [5, 5.41) is 55.9. The molecule has 135 heavy (non-hydrogen) atoms. The van der Waals surface area contributed by atoms with Gasteiger partial charge in [-0.15, -0.1) is 0 Å². The van der Waals surface area contributed by atoms with E-state index in [4.69, 9.17) is 43.2 Å². The van der Waals surface area contributed by atoms with Crippen molar-refractivity contribution in [2.75, 3.05) is 102 Å². The lowest BCUT2D eigenvalue weighted by Crippen LogP contribution is -2.35. The third-order valence-electron chi connectivity index (χ3n) is 22.5. The number of hydrogen-bond acceptors (Lipinski definition) is 24. The van der Waals surface area contributed by atoms with E-state index in [0.29, 0.717) is 148 Å². The normalized spacial score (nSPS) is 12.6. The number of rotatable bonds is 23. The number of anilines is 6. The maximum Gasteiger partial charge on any atom is 0.274 e. The summed E-state index contributed by atoms with van der Waals surface area (Å²) < 4.78 is 41.0. The van der Waals surface area contributed by atoms with Gasteiger partial charge in [0.2, 0.25) is 0 Å². The van der Waals surface area contributed by atoms with Crippen molar-refractivity contribution < 1.29 is 52.3 Å². The summed E-state index contributed by atoms with van der Waals surface area (Å²) in [5.41, 5.74) is 19.7. The Morgan fingerprint density at radius 3 is 1.39 bits per heavy atom. The number of aromatic nitrogens is 20. The minimum absolute atomic E-state index is 0.199. The number of carbonyl (C=O) groups is 4. The maximum absolute atomic E-state index is 13.5. The van der Waals surface area contributed by atoms with Gasteiger partial charge in [0, 0.05) is 79.2 Å². The molecule has 2 aliphatic rings. The highest BCUT2D eigenvalue weighted by Gasteiger charge is 2.30. The van der Waals surface area contributed by atoms with Crippen LogP contribution in [-0.2, 0) is 35.2 Å². The predicted octanol–water partition coefficient (Wildman–Crippen LogP) is 15.8. The van der Waals surface area contributed by atoms with Crippen LogP contribution in [0.5, 0.6) is 34.5 Å². The second kappa shape index (κ2) is 39.1. The van der Waals surface area contributed by atoms with Gasteiger partial charge in [0.15, 0.2) is 57.8 Å². The average molecular weight is 1820 g/mol. The first-order chi connectivity index (χ1) is 65.4. The fourth-order valence-corrected chi connectivity index (χ4v) is 15.6. The standard InChI is InChI=1S/C26H27N7O3.C25H22N6O3.C24H30N8O2.C22H22N6O3/c1-26(2,3)22-13-19(33(32-22)15-9-7-6-8-10-15)25(34)30-18-14-27-31-23(18)24-28-16-11-20(35-4)21(36-5)12-17(16)29-24;1-33-21-12-18-19(13-22(21)34-2)29-24(28-18)23-20(14-26-31-23)30-25(32)16-10-6-7-11-17(16)27-15-8-4-3-5-9-15;1-15-11-20(32(30-15)24(2,3)4)23(33)28-19-13-25-29-21(19)22-26-17-6-5-16(12-18(17)27-22)14-31-7-9-34-10-8-31;1-30-18-8-15-16(9-19(18)31-2)26-21(25-15)20-17(11-24-28-20)27-22(29)13-4-3-12-5-6-23-10-14(12)7-13/h6-14H,1-5H3,(H,27,31)(H,28,29)(H,30,34);3-14,27H,1-2H3,(H,26,31)(H,28,29)(H,30,32);5-6,11-13H,7-10,14H2,1-4H3,(H,25,29)(H,26,27)(H,28,33);3-4,7-9,11,23H,5-6,10H2,1-2H3,(H,24,28)(H,25,26)(H,27,29). The van der Waals surface area contributed by atoms with Crippen molar-refractivity contribution in [1.29, 1.82) is 0 Å². The third-order valence-corrected chi connectivity index (χ3v) is 22.5. The molecule has 10 aromatic heterocycles. The number of hydrogen-bond donors (Lipinski definition) is 14. The van der Waals surface area contributed by atoms with E-state index in [0.717, 1.165) is 108 Å². The molecule has 4 amide bonds. The Morgan fingerprint density at radius 1 is 0.437 bits per heavy atom. The number of ether oxygens (including phenoxy) is 7. The van der Waals surface area contributed by atoms with Crippen molar-refractivity contribution in [1.82, 2.24) is 110 Å². The summed E-state index contributed by atoms with van der Waals surface area (Å²) in [5.74, 6) is 4.68. The summed E-state index contributed by atoms with van der Waals surface area (Å²) in [4.78, 5) is 86.8. The molecule has 14 N–H and O–H groups in total. The molecule has 0 aliphatic carbocycles. The number of H-pyrrole nitrogens is 8. The highest BCUT2D eigenvalue weighted by atomic mass is 16.5. The first-order valence-electron chi connectivity index (χ1n) is 43.4. The van der Waals surface area contributed by atoms with Crippen LogP contribution in [0.3, 0.4) is 0 Å². The van der Waals surface area contributed by atoms with Crippen LogP contribution in [0.25, 0.3) is 95.9 Å². The molecule has 8 aromatic carbocycles. The summed E-state index contributed by atoms with van der Waals surface area (Å²) in [6.45, 7) is 20.2. The van der Waals surface area contributed by atoms with Crippen LogP contribution in [0.4, 0.5) is 34.1 Å². The van der Waals surface area contributed by atoms with Gasteiger partial charge >= 0.3 is 0 Å². The van der Waals surface area contributed by atoms with E-state index in [1.165, 1.54) is 11.1 Å². The zero-order valence-corrected chi connectivity index (χ0v) is 76.4. The van der Waals surface area contributed by atoms with E-state index in [1.54, 1.807) is 107 Å². The van der Waals surface area contributed by atoms with Gasteiger partial charge in [0.05, 0.1) is 181 Å². The number of imidazole rings is 4. The Bertz CT molecular complexity index is 7190. The molecule has 18 aromatic rings. The minimum atomic E-state index is -0.322. The van der Waals surface area contributed by atoms with E-state index in [-0.39, 0.29) is 34.6 Å². The van der Waals surface area contributed by atoms with Crippen LogP contribution in [0.15, 0.2) is 195 Å². The Morgan fingerprint density at radius 2 is 0.889 bits per heavy atom. The zero-order valence-electron chi connectivity index (χ0n) is 76.4. The van der Waals surface area contributed by atoms with Crippen LogP contribution in [0.2, 0.25) is 0 Å². The molecular weight excluding hydrogens is 1720 g/mol. The van der Waals surface area contributed by atoms with Gasteiger partial charge in [-0.2, -0.15) is 30.6 Å². The molecule has 690 valence electrons. The largest absolute Gasteiger partial charge is 0.493 e. The van der Waals surface area contributed by atoms with Crippen LogP contribution < -0.4 is 60.3 Å². The predicted molar refractivity (Wildman–Crippen MR) is 514 cm³/mol. The molecule has 0 saturated carbocycles. The van der Waals surface area contributed by atoms with Crippen molar-refractivity contribution in [3.8, 4) is 86.3 Å². The molecule has 0 bridgehead atoms. The molecule has 2 aliphatic heterocycles.